The van der Waals surface area contributed by atoms with Crippen LogP contribution < -0.4 is 10.2 Å². The van der Waals surface area contributed by atoms with Gasteiger partial charge in [0, 0.05) is 31.7 Å². The molecule has 2 amide bonds. The van der Waals surface area contributed by atoms with Gasteiger partial charge in [0.15, 0.2) is 0 Å². The minimum atomic E-state index is -0.311. The highest BCUT2D eigenvalue weighted by molar-refractivity contribution is 6.00. The van der Waals surface area contributed by atoms with Crippen molar-refractivity contribution in [2.45, 2.75) is 26.8 Å². The lowest BCUT2D eigenvalue weighted by Gasteiger charge is -2.17. The van der Waals surface area contributed by atoms with Crippen molar-refractivity contribution in [3.63, 3.8) is 0 Å². The third kappa shape index (κ3) is 3.50. The van der Waals surface area contributed by atoms with E-state index in [9.17, 15) is 9.59 Å². The van der Waals surface area contributed by atoms with Crippen LogP contribution in [0, 0.1) is 19.8 Å². The summed E-state index contributed by atoms with van der Waals surface area (Å²) in [6, 6.07) is 15.8. The van der Waals surface area contributed by atoms with E-state index in [1.807, 2.05) is 62.4 Å². The molecule has 1 unspecified atom stereocenters. The monoisotopic (exact) mass is 376 g/mol. The molecule has 0 spiro atoms. The lowest BCUT2D eigenvalue weighted by molar-refractivity contribution is -0.126. The Hall–Kier alpha value is -3.15. The van der Waals surface area contributed by atoms with Crippen LogP contribution in [0.3, 0.4) is 0 Å². The number of rotatable bonds is 5. The van der Waals surface area contributed by atoms with Crippen LogP contribution in [0.1, 0.15) is 17.8 Å². The number of benzene rings is 2. The largest absolute Gasteiger partial charge is 0.354 e. The quantitative estimate of drug-likeness (QED) is 0.745. The van der Waals surface area contributed by atoms with Crippen molar-refractivity contribution >= 4 is 28.5 Å². The highest BCUT2D eigenvalue weighted by Gasteiger charge is 2.34. The summed E-state index contributed by atoms with van der Waals surface area (Å²) in [6.07, 6.45) is 0.257. The normalized spacial score (nSPS) is 16.7. The number of amides is 2. The van der Waals surface area contributed by atoms with Crippen molar-refractivity contribution in [2.24, 2.45) is 5.92 Å². The molecular weight excluding hydrogens is 352 g/mol. The second-order valence-corrected chi connectivity index (χ2v) is 7.33. The van der Waals surface area contributed by atoms with Gasteiger partial charge in [0.25, 0.3) is 0 Å². The number of nitrogens with zero attached hydrogens (tertiary/aromatic N) is 3. The molecule has 0 bridgehead atoms. The Morgan fingerprint density at radius 1 is 1.14 bits per heavy atom. The lowest BCUT2D eigenvalue weighted by atomic mass is 10.1. The lowest BCUT2D eigenvalue weighted by Crippen LogP contribution is -2.34. The molecule has 144 valence electrons. The number of aryl methyl sites for hydroxylation is 2. The van der Waals surface area contributed by atoms with Crippen LogP contribution in [0.25, 0.3) is 11.0 Å². The number of anilines is 1. The van der Waals surface area contributed by atoms with Crippen molar-refractivity contribution in [3.05, 3.63) is 59.9 Å². The Kier molecular flexibility index (Phi) is 4.86. The molecule has 1 aliphatic rings. The average molecular weight is 376 g/mol. The molecule has 2 heterocycles. The Labute approximate surface area is 164 Å². The van der Waals surface area contributed by atoms with E-state index in [0.717, 1.165) is 28.1 Å². The van der Waals surface area contributed by atoms with Gasteiger partial charge in [0.05, 0.1) is 17.0 Å². The first-order valence-corrected chi connectivity index (χ1v) is 9.59. The number of carbonyl (C=O) groups excluding carboxylic acids is 2. The molecular formula is C22H24N4O2. The Bertz CT molecular complexity index is 1020. The van der Waals surface area contributed by atoms with Gasteiger partial charge in [-0.1, -0.05) is 29.8 Å². The maximum absolute atomic E-state index is 12.6. The van der Waals surface area contributed by atoms with E-state index in [-0.39, 0.29) is 24.2 Å². The molecule has 3 aromatic rings. The van der Waals surface area contributed by atoms with Crippen molar-refractivity contribution < 1.29 is 9.59 Å². The van der Waals surface area contributed by atoms with Crippen LogP contribution in [0.4, 0.5) is 5.69 Å². The summed E-state index contributed by atoms with van der Waals surface area (Å²) < 4.78 is 2.11. The van der Waals surface area contributed by atoms with Gasteiger partial charge >= 0.3 is 0 Å². The van der Waals surface area contributed by atoms with Crippen molar-refractivity contribution in [1.82, 2.24) is 14.9 Å². The summed E-state index contributed by atoms with van der Waals surface area (Å²) >= 11 is 0. The number of hydrogen-bond donors (Lipinski definition) is 1. The molecule has 6 heteroatoms. The first-order chi connectivity index (χ1) is 13.5. The third-order valence-electron chi connectivity index (χ3n) is 5.32. The molecule has 28 heavy (non-hydrogen) atoms. The van der Waals surface area contributed by atoms with E-state index < -0.39 is 0 Å². The summed E-state index contributed by atoms with van der Waals surface area (Å²) in [7, 11) is 0. The van der Waals surface area contributed by atoms with E-state index >= 15 is 0 Å². The fraction of sp³-hybridized carbons (Fsp3) is 0.318. The minimum absolute atomic E-state index is 0.000418. The van der Waals surface area contributed by atoms with Crippen LogP contribution in [0.2, 0.25) is 0 Å². The van der Waals surface area contributed by atoms with Crippen LogP contribution in [0.5, 0.6) is 0 Å². The van der Waals surface area contributed by atoms with Gasteiger partial charge in [-0.2, -0.15) is 0 Å². The Balaban J connectivity index is 1.36. The summed E-state index contributed by atoms with van der Waals surface area (Å²) in [5, 5.41) is 2.99. The first-order valence-electron chi connectivity index (χ1n) is 9.59. The zero-order chi connectivity index (χ0) is 19.7. The molecule has 0 saturated carbocycles. The zero-order valence-corrected chi connectivity index (χ0v) is 16.2. The molecule has 1 fully saturated rings. The van der Waals surface area contributed by atoms with Gasteiger partial charge in [-0.25, -0.2) is 4.98 Å². The first kappa shape index (κ1) is 18.2. The highest BCUT2D eigenvalue weighted by atomic mass is 16.2. The minimum Gasteiger partial charge on any atom is -0.354 e. The van der Waals surface area contributed by atoms with Crippen molar-refractivity contribution in [1.29, 1.82) is 0 Å². The molecule has 1 aliphatic heterocycles. The predicted molar refractivity (Wildman–Crippen MR) is 109 cm³/mol. The van der Waals surface area contributed by atoms with Gasteiger partial charge in [0.2, 0.25) is 11.8 Å². The van der Waals surface area contributed by atoms with E-state index in [1.165, 1.54) is 0 Å². The Morgan fingerprint density at radius 3 is 2.68 bits per heavy atom. The van der Waals surface area contributed by atoms with Gasteiger partial charge in [-0.05, 0) is 38.1 Å². The van der Waals surface area contributed by atoms with Gasteiger partial charge in [0.1, 0.15) is 5.82 Å². The number of fused-ring (bicyclic) bond motifs is 1. The molecule has 2 aromatic carbocycles. The number of carbonyl (C=O) groups is 2. The fourth-order valence-electron chi connectivity index (χ4n) is 3.77. The number of para-hydroxylation sites is 2. The van der Waals surface area contributed by atoms with Crippen LogP contribution in [-0.2, 0) is 16.1 Å². The van der Waals surface area contributed by atoms with Crippen molar-refractivity contribution in [2.75, 3.05) is 18.0 Å². The highest BCUT2D eigenvalue weighted by Crippen LogP contribution is 2.25. The fourth-order valence-corrected chi connectivity index (χ4v) is 3.77. The topological polar surface area (TPSA) is 67.2 Å². The summed E-state index contributed by atoms with van der Waals surface area (Å²) in [5.74, 6) is 0.553. The molecule has 6 nitrogen and oxygen atoms in total. The Morgan fingerprint density at radius 2 is 1.89 bits per heavy atom. The van der Waals surface area contributed by atoms with E-state index in [4.69, 9.17) is 0 Å². The number of aromatic nitrogens is 2. The van der Waals surface area contributed by atoms with Gasteiger partial charge in [-0.15, -0.1) is 0 Å². The van der Waals surface area contributed by atoms with E-state index in [1.54, 1.807) is 4.90 Å². The standard InChI is InChI=1S/C22H24N4O2/c1-15-7-9-18(10-8-15)26-14-17(13-21(26)27)22(28)23-11-12-25-16(2)24-19-5-3-4-6-20(19)25/h3-10,17H,11-14H2,1-2H3,(H,23,28). The molecule has 0 radical (unpaired) electrons. The van der Waals surface area contributed by atoms with Crippen LogP contribution >= 0.6 is 0 Å². The molecule has 0 aliphatic carbocycles. The maximum Gasteiger partial charge on any atom is 0.227 e. The SMILES string of the molecule is Cc1ccc(N2CC(C(=O)NCCn3c(C)nc4ccccc43)CC2=O)cc1. The number of hydrogen-bond acceptors (Lipinski definition) is 3. The molecule has 1 aromatic heterocycles. The van der Waals surface area contributed by atoms with E-state index in [0.29, 0.717) is 19.6 Å². The zero-order valence-electron chi connectivity index (χ0n) is 16.2. The second kappa shape index (κ2) is 7.46. The third-order valence-corrected chi connectivity index (χ3v) is 5.32. The molecule has 4 rings (SSSR count). The van der Waals surface area contributed by atoms with Crippen LogP contribution in [-0.4, -0.2) is 34.5 Å². The number of nitrogens with one attached hydrogen (secondary N) is 1. The molecule has 1 atom stereocenters. The smallest absolute Gasteiger partial charge is 0.227 e. The molecule has 1 N–H and O–H groups in total. The van der Waals surface area contributed by atoms with Crippen LogP contribution in [0.15, 0.2) is 48.5 Å². The molecule has 1 saturated heterocycles. The number of imidazole rings is 1. The average Bonchev–Trinajstić information content (AvgIpc) is 3.22. The maximum atomic E-state index is 12.6. The summed E-state index contributed by atoms with van der Waals surface area (Å²) in [5.41, 5.74) is 4.02. The van der Waals surface area contributed by atoms with Gasteiger partial charge < -0.3 is 14.8 Å². The summed E-state index contributed by atoms with van der Waals surface area (Å²) in [6.45, 7) is 5.57. The second-order valence-electron chi connectivity index (χ2n) is 7.33. The van der Waals surface area contributed by atoms with Crippen molar-refractivity contribution in [3.8, 4) is 0 Å². The summed E-state index contributed by atoms with van der Waals surface area (Å²) in [4.78, 5) is 31.2. The van der Waals surface area contributed by atoms with Gasteiger partial charge in [-0.3, -0.25) is 9.59 Å². The van der Waals surface area contributed by atoms with E-state index in [2.05, 4.69) is 14.9 Å². The predicted octanol–water partition coefficient (Wildman–Crippen LogP) is 2.82.